The van der Waals surface area contributed by atoms with Crippen LogP contribution >= 0.6 is 0 Å². The fourth-order valence-electron chi connectivity index (χ4n) is 2.71. The van der Waals surface area contributed by atoms with Crippen LogP contribution in [0.1, 0.15) is 15.9 Å². The molecule has 0 unspecified atom stereocenters. The third-order valence-corrected chi connectivity index (χ3v) is 4.11. The molecule has 0 fully saturated rings. The van der Waals surface area contributed by atoms with Crippen molar-refractivity contribution in [3.05, 3.63) is 83.6 Å². The van der Waals surface area contributed by atoms with Gasteiger partial charge in [0.25, 0.3) is 5.91 Å². The number of anilines is 2. The Hall–Kier alpha value is -3.48. The lowest BCUT2D eigenvalue weighted by Crippen LogP contribution is -2.25. The molecule has 7 heteroatoms. The van der Waals surface area contributed by atoms with Gasteiger partial charge in [0, 0.05) is 18.3 Å². The van der Waals surface area contributed by atoms with E-state index < -0.39 is 11.6 Å². The molecule has 0 saturated carbocycles. The van der Waals surface area contributed by atoms with E-state index >= 15 is 0 Å². The lowest BCUT2D eigenvalue weighted by Gasteiger charge is -2.11. The Morgan fingerprint density at radius 1 is 1.07 bits per heavy atom. The van der Waals surface area contributed by atoms with Crippen molar-refractivity contribution in [2.45, 2.75) is 6.42 Å². The molecular formula is C21H19F2N3O2. The van der Waals surface area contributed by atoms with Gasteiger partial charge in [-0.2, -0.15) is 0 Å². The number of aromatic nitrogens is 1. The summed E-state index contributed by atoms with van der Waals surface area (Å²) in [5.41, 5.74) is 0.996. The van der Waals surface area contributed by atoms with Gasteiger partial charge >= 0.3 is 0 Å². The third-order valence-electron chi connectivity index (χ3n) is 4.11. The quantitative estimate of drug-likeness (QED) is 0.645. The van der Waals surface area contributed by atoms with E-state index in [0.717, 1.165) is 23.4 Å². The molecule has 2 aromatic carbocycles. The SMILES string of the molecule is COc1ccccc1CCNC(=O)c1ccnc(Nc2c(F)cccc2F)c1. The molecule has 0 spiro atoms. The van der Waals surface area contributed by atoms with Gasteiger partial charge < -0.3 is 15.4 Å². The monoisotopic (exact) mass is 383 g/mol. The van der Waals surface area contributed by atoms with Crippen LogP contribution in [0.4, 0.5) is 20.3 Å². The summed E-state index contributed by atoms with van der Waals surface area (Å²) in [6.45, 7) is 0.409. The van der Waals surface area contributed by atoms with Crippen LogP contribution in [0.2, 0.25) is 0 Å². The predicted octanol–water partition coefficient (Wildman–Crippen LogP) is 4.08. The fourth-order valence-corrected chi connectivity index (χ4v) is 2.71. The summed E-state index contributed by atoms with van der Waals surface area (Å²) in [4.78, 5) is 16.4. The predicted molar refractivity (Wildman–Crippen MR) is 103 cm³/mol. The molecule has 0 saturated heterocycles. The summed E-state index contributed by atoms with van der Waals surface area (Å²) < 4.78 is 32.8. The van der Waals surface area contributed by atoms with Gasteiger partial charge in [0.1, 0.15) is 28.9 Å². The van der Waals surface area contributed by atoms with Gasteiger partial charge in [-0.1, -0.05) is 24.3 Å². The van der Waals surface area contributed by atoms with Crippen molar-refractivity contribution in [1.29, 1.82) is 0 Å². The van der Waals surface area contributed by atoms with Crippen molar-refractivity contribution >= 4 is 17.4 Å². The molecule has 1 aromatic heterocycles. The van der Waals surface area contributed by atoms with Crippen molar-refractivity contribution in [2.75, 3.05) is 19.0 Å². The van der Waals surface area contributed by atoms with E-state index in [0.29, 0.717) is 18.5 Å². The van der Waals surface area contributed by atoms with Gasteiger partial charge in [-0.05, 0) is 42.3 Å². The molecule has 0 aliphatic heterocycles. The third kappa shape index (κ3) is 4.62. The van der Waals surface area contributed by atoms with Crippen LogP contribution in [-0.2, 0) is 6.42 Å². The number of para-hydroxylation sites is 2. The number of benzene rings is 2. The molecule has 0 radical (unpaired) electrons. The number of rotatable bonds is 7. The number of amides is 1. The summed E-state index contributed by atoms with van der Waals surface area (Å²) >= 11 is 0. The van der Waals surface area contributed by atoms with Gasteiger partial charge in [-0.25, -0.2) is 13.8 Å². The fraction of sp³-hybridized carbons (Fsp3) is 0.143. The largest absolute Gasteiger partial charge is 0.496 e. The van der Waals surface area contributed by atoms with Gasteiger partial charge in [-0.15, -0.1) is 0 Å². The average molecular weight is 383 g/mol. The number of hydrogen-bond acceptors (Lipinski definition) is 4. The minimum Gasteiger partial charge on any atom is -0.496 e. The molecule has 3 aromatic rings. The van der Waals surface area contributed by atoms with Crippen LogP contribution in [0.15, 0.2) is 60.8 Å². The van der Waals surface area contributed by atoms with Gasteiger partial charge in [0.2, 0.25) is 0 Å². The maximum absolute atomic E-state index is 13.8. The van der Waals surface area contributed by atoms with E-state index in [1.807, 2.05) is 24.3 Å². The summed E-state index contributed by atoms with van der Waals surface area (Å²) in [5, 5.41) is 5.39. The molecule has 1 heterocycles. The number of carbonyl (C=O) groups excluding carboxylic acids is 1. The minimum absolute atomic E-state index is 0.168. The highest BCUT2D eigenvalue weighted by atomic mass is 19.1. The molecule has 2 N–H and O–H groups in total. The maximum Gasteiger partial charge on any atom is 0.251 e. The van der Waals surface area contributed by atoms with Gasteiger partial charge in [0.15, 0.2) is 0 Å². The zero-order valence-electron chi connectivity index (χ0n) is 15.2. The zero-order valence-corrected chi connectivity index (χ0v) is 15.2. The highest BCUT2D eigenvalue weighted by Gasteiger charge is 2.11. The second-order valence-electron chi connectivity index (χ2n) is 5.97. The molecule has 0 bridgehead atoms. The molecule has 0 aliphatic rings. The Balaban J connectivity index is 1.64. The summed E-state index contributed by atoms with van der Waals surface area (Å²) in [6, 6.07) is 14.1. The number of nitrogens with one attached hydrogen (secondary N) is 2. The Kier molecular flexibility index (Phi) is 6.16. The number of pyridine rings is 1. The first kappa shape index (κ1) is 19.3. The van der Waals surface area contributed by atoms with E-state index in [9.17, 15) is 13.6 Å². The molecule has 1 amide bonds. The highest BCUT2D eigenvalue weighted by molar-refractivity contribution is 5.94. The van der Waals surface area contributed by atoms with Crippen molar-refractivity contribution in [1.82, 2.24) is 10.3 Å². The lowest BCUT2D eigenvalue weighted by atomic mass is 10.1. The first-order valence-electron chi connectivity index (χ1n) is 8.65. The van der Waals surface area contributed by atoms with Gasteiger partial charge in [-0.3, -0.25) is 4.79 Å². The Morgan fingerprint density at radius 2 is 1.82 bits per heavy atom. The van der Waals surface area contributed by atoms with Crippen LogP contribution in [0.3, 0.4) is 0 Å². The van der Waals surface area contributed by atoms with Crippen molar-refractivity contribution in [2.24, 2.45) is 0 Å². The first-order chi connectivity index (χ1) is 13.6. The normalized spacial score (nSPS) is 10.4. The first-order valence-corrected chi connectivity index (χ1v) is 8.65. The number of hydrogen-bond donors (Lipinski definition) is 2. The van der Waals surface area contributed by atoms with E-state index in [1.54, 1.807) is 7.11 Å². The summed E-state index contributed by atoms with van der Waals surface area (Å²) in [5.74, 6) is -0.864. The number of carbonyl (C=O) groups is 1. The van der Waals surface area contributed by atoms with E-state index in [-0.39, 0.29) is 17.4 Å². The number of nitrogens with zero attached hydrogens (tertiary/aromatic N) is 1. The highest BCUT2D eigenvalue weighted by Crippen LogP contribution is 2.22. The average Bonchev–Trinajstić information content (AvgIpc) is 2.71. The van der Waals surface area contributed by atoms with E-state index in [4.69, 9.17) is 4.74 Å². The number of methoxy groups -OCH3 is 1. The van der Waals surface area contributed by atoms with Crippen LogP contribution < -0.4 is 15.4 Å². The second kappa shape index (κ2) is 8.94. The van der Waals surface area contributed by atoms with Crippen LogP contribution in [0, 0.1) is 11.6 Å². The van der Waals surface area contributed by atoms with Crippen molar-refractivity contribution in [3.63, 3.8) is 0 Å². The maximum atomic E-state index is 13.8. The smallest absolute Gasteiger partial charge is 0.251 e. The van der Waals surface area contributed by atoms with E-state index in [2.05, 4.69) is 15.6 Å². The van der Waals surface area contributed by atoms with Crippen molar-refractivity contribution < 1.29 is 18.3 Å². The van der Waals surface area contributed by atoms with Crippen LogP contribution in [0.25, 0.3) is 0 Å². The molecule has 144 valence electrons. The standard InChI is InChI=1S/C21H19F2N3O2/c1-28-18-8-3-2-5-14(18)9-12-25-21(27)15-10-11-24-19(13-15)26-20-16(22)6-4-7-17(20)23/h2-8,10-11,13H,9,12H2,1H3,(H,24,26)(H,25,27). The van der Waals surface area contributed by atoms with Gasteiger partial charge in [0.05, 0.1) is 7.11 Å². The topological polar surface area (TPSA) is 63.2 Å². The number of halogens is 2. The summed E-state index contributed by atoms with van der Waals surface area (Å²) in [6.07, 6.45) is 2.00. The van der Waals surface area contributed by atoms with E-state index in [1.165, 1.54) is 24.4 Å². The lowest BCUT2D eigenvalue weighted by molar-refractivity contribution is 0.0954. The minimum atomic E-state index is -0.742. The van der Waals surface area contributed by atoms with Crippen LogP contribution in [-0.4, -0.2) is 24.5 Å². The molecule has 5 nitrogen and oxygen atoms in total. The second-order valence-corrected chi connectivity index (χ2v) is 5.97. The Labute approximate surface area is 161 Å². The van der Waals surface area contributed by atoms with Crippen molar-refractivity contribution in [3.8, 4) is 5.75 Å². The summed E-state index contributed by atoms with van der Waals surface area (Å²) in [7, 11) is 1.60. The Morgan fingerprint density at radius 3 is 2.57 bits per heavy atom. The van der Waals surface area contributed by atoms with Crippen LogP contribution in [0.5, 0.6) is 5.75 Å². The molecule has 3 rings (SSSR count). The molecular weight excluding hydrogens is 364 g/mol. The Bertz CT molecular complexity index is 959. The number of ether oxygens (including phenoxy) is 1. The zero-order chi connectivity index (χ0) is 19.9. The molecule has 0 aliphatic carbocycles. The molecule has 28 heavy (non-hydrogen) atoms. The molecule has 0 atom stereocenters.